The summed E-state index contributed by atoms with van der Waals surface area (Å²) in [5.74, 6) is -0.460. The van der Waals surface area contributed by atoms with E-state index >= 15 is 0 Å². The Morgan fingerprint density at radius 1 is 1.47 bits per heavy atom. The molecule has 0 saturated carbocycles. The van der Waals surface area contributed by atoms with Crippen LogP contribution < -0.4 is 11.1 Å². The van der Waals surface area contributed by atoms with Crippen LogP contribution in [0.15, 0.2) is 0 Å². The minimum Gasteiger partial charge on any atom is -0.381 e. The van der Waals surface area contributed by atoms with Crippen molar-refractivity contribution >= 4 is 5.91 Å². The number of ether oxygens (including phenoxy) is 1. The zero-order chi connectivity index (χ0) is 11.3. The first-order chi connectivity index (χ1) is 7.11. The first kappa shape index (κ1) is 12.3. The molecule has 0 aliphatic carbocycles. The lowest BCUT2D eigenvalue weighted by molar-refractivity contribution is -0.125. The largest absolute Gasteiger partial charge is 0.381 e. The Kier molecular flexibility index (Phi) is 4.90. The van der Waals surface area contributed by atoms with E-state index in [-0.39, 0.29) is 5.92 Å². The fourth-order valence-electron chi connectivity index (χ4n) is 1.58. The van der Waals surface area contributed by atoms with E-state index in [1.54, 1.807) is 0 Å². The molecule has 15 heavy (non-hydrogen) atoms. The minimum atomic E-state index is -2.53. The molecule has 1 rings (SSSR count). The molecule has 88 valence electrons. The Balaban J connectivity index is 2.30. The highest BCUT2D eigenvalue weighted by Crippen LogP contribution is 2.17. The zero-order valence-electron chi connectivity index (χ0n) is 8.42. The lowest BCUT2D eigenvalue weighted by Crippen LogP contribution is -2.48. The smallest absolute Gasteiger partial charge is 0.255 e. The molecule has 1 unspecified atom stereocenters. The molecule has 3 N–H and O–H groups in total. The van der Waals surface area contributed by atoms with E-state index in [9.17, 15) is 13.6 Å². The fraction of sp³-hybridized carbons (Fsp3) is 0.889. The maximum absolute atomic E-state index is 11.8. The summed E-state index contributed by atoms with van der Waals surface area (Å²) in [5, 5.41) is 2.12. The van der Waals surface area contributed by atoms with Gasteiger partial charge in [0.05, 0.1) is 12.6 Å². The lowest BCUT2D eigenvalue weighted by Gasteiger charge is -2.26. The molecule has 1 heterocycles. The third-order valence-corrected chi connectivity index (χ3v) is 2.51. The van der Waals surface area contributed by atoms with Gasteiger partial charge in [0, 0.05) is 13.2 Å². The number of carbonyl (C=O) groups excluding carboxylic acids is 1. The summed E-state index contributed by atoms with van der Waals surface area (Å²) in [5.41, 5.74) is 5.67. The molecule has 1 amide bonds. The molecule has 1 fully saturated rings. The number of rotatable bonds is 4. The van der Waals surface area contributed by atoms with Gasteiger partial charge in [-0.15, -0.1) is 0 Å². The van der Waals surface area contributed by atoms with Crippen molar-refractivity contribution in [2.75, 3.05) is 19.8 Å². The van der Waals surface area contributed by atoms with Crippen LogP contribution in [0, 0.1) is 5.92 Å². The van der Waals surface area contributed by atoms with Crippen LogP contribution in [0.1, 0.15) is 12.8 Å². The summed E-state index contributed by atoms with van der Waals surface area (Å²) in [4.78, 5) is 11.3. The van der Waals surface area contributed by atoms with E-state index in [0.29, 0.717) is 26.1 Å². The summed E-state index contributed by atoms with van der Waals surface area (Å²) in [6.07, 6.45) is -1.11. The number of carbonyl (C=O) groups is 1. The van der Waals surface area contributed by atoms with Gasteiger partial charge in [0.25, 0.3) is 6.43 Å². The molecule has 1 atom stereocenters. The van der Waals surface area contributed by atoms with Crippen molar-refractivity contribution in [2.45, 2.75) is 25.3 Å². The summed E-state index contributed by atoms with van der Waals surface area (Å²) in [6.45, 7) is 0.538. The molecule has 0 bridgehead atoms. The number of halogens is 2. The third-order valence-electron chi connectivity index (χ3n) is 2.51. The molecule has 1 saturated heterocycles. The van der Waals surface area contributed by atoms with E-state index in [2.05, 4.69) is 5.32 Å². The van der Waals surface area contributed by atoms with Crippen LogP contribution in [0.3, 0.4) is 0 Å². The monoisotopic (exact) mass is 222 g/mol. The highest BCUT2D eigenvalue weighted by molar-refractivity contribution is 5.81. The maximum atomic E-state index is 11.8. The Morgan fingerprint density at radius 2 is 2.07 bits per heavy atom. The van der Waals surface area contributed by atoms with Crippen LogP contribution in [0.2, 0.25) is 0 Å². The normalized spacial score (nSPS) is 20.3. The Hall–Kier alpha value is -0.750. The molecular weight excluding hydrogens is 206 g/mol. The average molecular weight is 222 g/mol. The topological polar surface area (TPSA) is 64.4 Å². The molecule has 1 aliphatic rings. The van der Waals surface area contributed by atoms with Crippen molar-refractivity contribution in [3.8, 4) is 0 Å². The van der Waals surface area contributed by atoms with E-state index in [4.69, 9.17) is 10.5 Å². The van der Waals surface area contributed by atoms with E-state index in [1.807, 2.05) is 0 Å². The highest BCUT2D eigenvalue weighted by Gasteiger charge is 2.26. The van der Waals surface area contributed by atoms with Gasteiger partial charge in [-0.2, -0.15) is 0 Å². The quantitative estimate of drug-likeness (QED) is 0.710. The van der Waals surface area contributed by atoms with Crippen LogP contribution in [-0.2, 0) is 9.53 Å². The SMILES string of the molecule is NC(C(=O)NCC(F)F)C1CCOCC1. The van der Waals surface area contributed by atoms with Crippen LogP contribution in [0.4, 0.5) is 8.78 Å². The second-order valence-electron chi connectivity index (χ2n) is 3.61. The average Bonchev–Trinajstić information content (AvgIpc) is 2.26. The molecular formula is C9H16F2N2O2. The van der Waals surface area contributed by atoms with Gasteiger partial charge >= 0.3 is 0 Å². The predicted molar refractivity (Wildman–Crippen MR) is 50.5 cm³/mol. The highest BCUT2D eigenvalue weighted by atomic mass is 19.3. The summed E-state index contributed by atoms with van der Waals surface area (Å²) in [6, 6.07) is -0.701. The van der Waals surface area contributed by atoms with Crippen LogP contribution >= 0.6 is 0 Å². The first-order valence-electron chi connectivity index (χ1n) is 5.00. The van der Waals surface area contributed by atoms with Gasteiger partial charge in [0.1, 0.15) is 0 Å². The second-order valence-corrected chi connectivity index (χ2v) is 3.61. The van der Waals surface area contributed by atoms with E-state index in [0.717, 1.165) is 0 Å². The van der Waals surface area contributed by atoms with Crippen molar-refractivity contribution < 1.29 is 18.3 Å². The third kappa shape index (κ3) is 4.09. The standard InChI is InChI=1S/C9H16F2N2O2/c10-7(11)5-13-9(14)8(12)6-1-3-15-4-2-6/h6-8H,1-5,12H2,(H,13,14). The van der Waals surface area contributed by atoms with Crippen LogP contribution in [0.5, 0.6) is 0 Å². The summed E-state index contributed by atoms with van der Waals surface area (Å²) < 4.78 is 28.8. The molecule has 0 aromatic heterocycles. The van der Waals surface area contributed by atoms with Gasteiger partial charge in [-0.1, -0.05) is 0 Å². The van der Waals surface area contributed by atoms with Crippen molar-refractivity contribution in [3.63, 3.8) is 0 Å². The fourth-order valence-corrected chi connectivity index (χ4v) is 1.58. The molecule has 4 nitrogen and oxygen atoms in total. The van der Waals surface area contributed by atoms with Crippen molar-refractivity contribution in [1.29, 1.82) is 0 Å². The number of amides is 1. The van der Waals surface area contributed by atoms with E-state index < -0.39 is 24.9 Å². The molecule has 0 radical (unpaired) electrons. The number of nitrogens with one attached hydrogen (secondary N) is 1. The van der Waals surface area contributed by atoms with E-state index in [1.165, 1.54) is 0 Å². The Labute approximate surface area is 87.1 Å². The minimum absolute atomic E-state index is 0.0384. The van der Waals surface area contributed by atoms with Gasteiger partial charge in [-0.05, 0) is 18.8 Å². The Bertz CT molecular complexity index is 208. The number of alkyl halides is 2. The number of hydrogen-bond acceptors (Lipinski definition) is 3. The number of hydrogen-bond donors (Lipinski definition) is 2. The van der Waals surface area contributed by atoms with Gasteiger partial charge in [0.2, 0.25) is 5.91 Å². The first-order valence-corrected chi connectivity index (χ1v) is 5.00. The summed E-state index contributed by atoms with van der Waals surface area (Å²) in [7, 11) is 0. The molecule has 6 heteroatoms. The second kappa shape index (κ2) is 5.97. The predicted octanol–water partition coefficient (Wildman–Crippen LogP) is 0.122. The van der Waals surface area contributed by atoms with Gasteiger partial charge in [-0.3, -0.25) is 4.79 Å². The van der Waals surface area contributed by atoms with Crippen molar-refractivity contribution in [1.82, 2.24) is 5.32 Å². The molecule has 1 aliphatic heterocycles. The Morgan fingerprint density at radius 3 is 2.60 bits per heavy atom. The van der Waals surface area contributed by atoms with Crippen LogP contribution in [0.25, 0.3) is 0 Å². The maximum Gasteiger partial charge on any atom is 0.255 e. The van der Waals surface area contributed by atoms with Gasteiger partial charge in [-0.25, -0.2) is 8.78 Å². The van der Waals surface area contributed by atoms with Gasteiger partial charge < -0.3 is 15.8 Å². The zero-order valence-corrected chi connectivity index (χ0v) is 8.42. The number of nitrogens with two attached hydrogens (primary N) is 1. The van der Waals surface area contributed by atoms with Crippen molar-refractivity contribution in [2.24, 2.45) is 11.7 Å². The molecule has 0 aromatic rings. The molecule has 0 aromatic carbocycles. The van der Waals surface area contributed by atoms with Gasteiger partial charge in [0.15, 0.2) is 0 Å². The van der Waals surface area contributed by atoms with Crippen molar-refractivity contribution in [3.05, 3.63) is 0 Å². The van der Waals surface area contributed by atoms with Crippen LogP contribution in [-0.4, -0.2) is 38.1 Å². The lowest BCUT2D eigenvalue weighted by atomic mass is 9.92. The molecule has 0 spiro atoms. The summed E-state index contributed by atoms with van der Waals surface area (Å²) >= 11 is 0.